The van der Waals surface area contributed by atoms with E-state index < -0.39 is 0 Å². The minimum absolute atomic E-state index is 0. The largest absolute Gasteiger partial charge is 0.379 e. The van der Waals surface area contributed by atoms with Crippen LogP contribution in [0.1, 0.15) is 12.5 Å². The smallest absolute Gasteiger partial charge is 0.190 e. The standard InChI is InChI=1S/C18H29ClN4O.HI/c1-15(14-23-9-11-24-12-10-23)13-22-18(20-2)21-8-7-16-3-5-17(19)6-4-16;/h3-6,15H,7-14H2,1-2H3,(H2,20,21,22);1H. The summed E-state index contributed by atoms with van der Waals surface area (Å²) in [5.41, 5.74) is 1.27. The molecule has 142 valence electrons. The van der Waals surface area contributed by atoms with E-state index in [-0.39, 0.29) is 24.0 Å². The Kier molecular flexibility index (Phi) is 11.4. The van der Waals surface area contributed by atoms with Crippen molar-refractivity contribution in [1.29, 1.82) is 0 Å². The van der Waals surface area contributed by atoms with Crippen LogP contribution in [0.15, 0.2) is 29.3 Å². The monoisotopic (exact) mass is 480 g/mol. The number of hydrogen-bond donors (Lipinski definition) is 2. The Morgan fingerprint density at radius 2 is 1.92 bits per heavy atom. The number of halogens is 2. The molecule has 1 saturated heterocycles. The van der Waals surface area contributed by atoms with E-state index in [9.17, 15) is 0 Å². The van der Waals surface area contributed by atoms with Gasteiger partial charge in [-0.15, -0.1) is 24.0 Å². The zero-order valence-corrected chi connectivity index (χ0v) is 18.2. The third-order valence-corrected chi connectivity index (χ3v) is 4.39. The summed E-state index contributed by atoms with van der Waals surface area (Å²) >= 11 is 5.90. The predicted molar refractivity (Wildman–Crippen MR) is 116 cm³/mol. The molecule has 1 aliphatic rings. The molecular weight excluding hydrogens is 451 g/mol. The number of guanidine groups is 1. The quantitative estimate of drug-likeness (QED) is 0.358. The molecule has 1 fully saturated rings. The average Bonchev–Trinajstić information content (AvgIpc) is 2.60. The predicted octanol–water partition coefficient (Wildman–Crippen LogP) is 2.63. The van der Waals surface area contributed by atoms with Gasteiger partial charge in [0.1, 0.15) is 0 Å². The second-order valence-corrected chi connectivity index (χ2v) is 6.71. The van der Waals surface area contributed by atoms with Crippen LogP contribution in [0.4, 0.5) is 0 Å². The van der Waals surface area contributed by atoms with E-state index in [4.69, 9.17) is 16.3 Å². The van der Waals surface area contributed by atoms with E-state index in [0.29, 0.717) is 5.92 Å². The molecule has 0 radical (unpaired) electrons. The van der Waals surface area contributed by atoms with E-state index in [2.05, 4.69) is 39.6 Å². The molecule has 1 aromatic rings. The van der Waals surface area contributed by atoms with E-state index >= 15 is 0 Å². The fourth-order valence-electron chi connectivity index (χ4n) is 2.76. The van der Waals surface area contributed by atoms with Crippen LogP contribution in [0.3, 0.4) is 0 Å². The van der Waals surface area contributed by atoms with E-state index in [0.717, 1.165) is 63.3 Å². The molecule has 5 nitrogen and oxygen atoms in total. The van der Waals surface area contributed by atoms with Gasteiger partial charge in [0, 0.05) is 44.8 Å². The molecule has 25 heavy (non-hydrogen) atoms. The van der Waals surface area contributed by atoms with Crippen LogP contribution in [0, 0.1) is 5.92 Å². The van der Waals surface area contributed by atoms with E-state index in [1.165, 1.54) is 5.56 Å². The number of hydrogen-bond acceptors (Lipinski definition) is 3. The number of rotatable bonds is 7. The first-order chi connectivity index (χ1) is 11.7. The summed E-state index contributed by atoms with van der Waals surface area (Å²) in [6, 6.07) is 7.98. The number of aliphatic imine (C=N–C) groups is 1. The number of morpholine rings is 1. The van der Waals surface area contributed by atoms with Crippen molar-refractivity contribution in [2.45, 2.75) is 13.3 Å². The van der Waals surface area contributed by atoms with E-state index in [1.54, 1.807) is 0 Å². The Bertz CT molecular complexity index is 506. The third-order valence-electron chi connectivity index (χ3n) is 4.13. The lowest BCUT2D eigenvalue weighted by molar-refractivity contribution is 0.0320. The third kappa shape index (κ3) is 9.08. The lowest BCUT2D eigenvalue weighted by atomic mass is 10.1. The highest BCUT2D eigenvalue weighted by molar-refractivity contribution is 14.0. The highest BCUT2D eigenvalue weighted by atomic mass is 127. The van der Waals surface area contributed by atoms with Crippen molar-refractivity contribution >= 4 is 41.5 Å². The van der Waals surface area contributed by atoms with Crippen LogP contribution in [0.25, 0.3) is 0 Å². The molecule has 7 heteroatoms. The van der Waals surface area contributed by atoms with Crippen molar-refractivity contribution in [3.8, 4) is 0 Å². The van der Waals surface area contributed by atoms with Gasteiger partial charge in [-0.3, -0.25) is 9.89 Å². The van der Waals surface area contributed by atoms with Gasteiger partial charge in [-0.05, 0) is 30.0 Å². The van der Waals surface area contributed by atoms with Crippen molar-refractivity contribution < 1.29 is 4.74 Å². The Balaban J connectivity index is 0.00000312. The summed E-state index contributed by atoms with van der Waals surface area (Å²) in [6.45, 7) is 8.91. The van der Waals surface area contributed by atoms with Gasteiger partial charge in [0.2, 0.25) is 0 Å². The van der Waals surface area contributed by atoms with Crippen LogP contribution < -0.4 is 10.6 Å². The van der Waals surface area contributed by atoms with Crippen LogP contribution in [0.2, 0.25) is 5.02 Å². The topological polar surface area (TPSA) is 48.9 Å². The lowest BCUT2D eigenvalue weighted by Crippen LogP contribution is -2.44. The number of nitrogens with zero attached hydrogens (tertiary/aromatic N) is 2. The molecular formula is C18H30ClIN4O. The van der Waals surface area contributed by atoms with Crippen molar-refractivity contribution in [2.75, 3.05) is 53.0 Å². The van der Waals surface area contributed by atoms with Crippen LogP contribution >= 0.6 is 35.6 Å². The number of ether oxygens (including phenoxy) is 1. The van der Waals surface area contributed by atoms with Gasteiger partial charge in [-0.2, -0.15) is 0 Å². The first kappa shape index (κ1) is 22.5. The Labute approximate surface area is 173 Å². The molecule has 0 saturated carbocycles. The minimum Gasteiger partial charge on any atom is -0.379 e. The maximum Gasteiger partial charge on any atom is 0.190 e. The first-order valence-corrected chi connectivity index (χ1v) is 9.04. The van der Waals surface area contributed by atoms with Gasteiger partial charge in [0.25, 0.3) is 0 Å². The fraction of sp³-hybridized carbons (Fsp3) is 0.611. The molecule has 1 unspecified atom stereocenters. The van der Waals surface area contributed by atoms with Crippen LogP contribution in [-0.2, 0) is 11.2 Å². The summed E-state index contributed by atoms with van der Waals surface area (Å²) in [5, 5.41) is 7.55. The summed E-state index contributed by atoms with van der Waals surface area (Å²) < 4.78 is 5.39. The maximum atomic E-state index is 5.90. The lowest BCUT2D eigenvalue weighted by Gasteiger charge is -2.29. The maximum absolute atomic E-state index is 5.90. The zero-order chi connectivity index (χ0) is 17.2. The van der Waals surface area contributed by atoms with Gasteiger partial charge in [-0.25, -0.2) is 0 Å². The summed E-state index contributed by atoms with van der Waals surface area (Å²) in [5.74, 6) is 1.43. The van der Waals surface area contributed by atoms with Gasteiger partial charge in [0.15, 0.2) is 5.96 Å². The second kappa shape index (κ2) is 12.7. The Morgan fingerprint density at radius 1 is 1.24 bits per heavy atom. The molecule has 0 amide bonds. The SMILES string of the molecule is CN=C(NCCc1ccc(Cl)cc1)NCC(C)CN1CCOCC1.I. The second-order valence-electron chi connectivity index (χ2n) is 6.27. The van der Waals surface area contributed by atoms with Gasteiger partial charge < -0.3 is 15.4 Å². The van der Waals surface area contributed by atoms with Crippen molar-refractivity contribution in [3.05, 3.63) is 34.9 Å². The van der Waals surface area contributed by atoms with Crippen molar-refractivity contribution in [3.63, 3.8) is 0 Å². The van der Waals surface area contributed by atoms with Gasteiger partial charge in [-0.1, -0.05) is 30.7 Å². The van der Waals surface area contributed by atoms with Crippen molar-refractivity contribution in [1.82, 2.24) is 15.5 Å². The molecule has 1 aliphatic heterocycles. The average molecular weight is 481 g/mol. The van der Waals surface area contributed by atoms with Crippen LogP contribution in [-0.4, -0.2) is 63.8 Å². The molecule has 1 atom stereocenters. The molecule has 1 aromatic carbocycles. The first-order valence-electron chi connectivity index (χ1n) is 8.66. The van der Waals surface area contributed by atoms with E-state index in [1.807, 2.05) is 19.2 Å². The Hall–Kier alpha value is -0.570. The fourth-order valence-corrected chi connectivity index (χ4v) is 2.88. The van der Waals surface area contributed by atoms with Crippen LogP contribution in [0.5, 0.6) is 0 Å². The molecule has 0 spiro atoms. The normalized spacial score (nSPS) is 16.8. The number of benzene rings is 1. The van der Waals surface area contributed by atoms with Gasteiger partial charge >= 0.3 is 0 Å². The van der Waals surface area contributed by atoms with Crippen molar-refractivity contribution in [2.24, 2.45) is 10.9 Å². The summed E-state index contributed by atoms with van der Waals surface area (Å²) in [7, 11) is 1.81. The Morgan fingerprint density at radius 3 is 2.56 bits per heavy atom. The van der Waals surface area contributed by atoms with Gasteiger partial charge in [0.05, 0.1) is 13.2 Å². The highest BCUT2D eigenvalue weighted by Crippen LogP contribution is 2.09. The molecule has 2 N–H and O–H groups in total. The number of nitrogens with one attached hydrogen (secondary N) is 2. The molecule has 2 rings (SSSR count). The minimum atomic E-state index is 0. The molecule has 1 heterocycles. The molecule has 0 bridgehead atoms. The summed E-state index contributed by atoms with van der Waals surface area (Å²) in [4.78, 5) is 6.76. The zero-order valence-electron chi connectivity index (χ0n) is 15.1. The summed E-state index contributed by atoms with van der Waals surface area (Å²) in [6.07, 6.45) is 0.946. The highest BCUT2D eigenvalue weighted by Gasteiger charge is 2.13. The molecule has 0 aliphatic carbocycles. The molecule has 0 aromatic heterocycles.